The Hall–Kier alpha value is -1.66. The molecule has 6 heteroatoms. The van der Waals surface area contributed by atoms with Gasteiger partial charge in [-0.15, -0.1) is 0 Å². The van der Waals surface area contributed by atoms with Crippen LogP contribution in [0.25, 0.3) is 0 Å². The van der Waals surface area contributed by atoms with Crippen LogP contribution in [-0.4, -0.2) is 42.2 Å². The van der Waals surface area contributed by atoms with E-state index in [9.17, 15) is 14.3 Å². The molecule has 5 nitrogen and oxygen atoms in total. The van der Waals surface area contributed by atoms with Gasteiger partial charge in [-0.25, -0.2) is 4.39 Å². The largest absolute Gasteiger partial charge is 0.397 e. The van der Waals surface area contributed by atoms with Crippen LogP contribution < -0.4 is 11.1 Å². The molecule has 1 aliphatic rings. The number of hydrogen-bond acceptors (Lipinski definition) is 4. The highest BCUT2D eigenvalue weighted by Crippen LogP contribution is 2.20. The van der Waals surface area contributed by atoms with Crippen molar-refractivity contribution in [2.24, 2.45) is 5.92 Å². The molecule has 116 valence electrons. The number of nitrogen functional groups attached to an aromatic ring is 1. The van der Waals surface area contributed by atoms with E-state index in [4.69, 9.17) is 5.73 Å². The SMILES string of the molecule is Nc1cc(F)ccc1NC(=O)CCN1CCCC(CO)C1. The lowest BCUT2D eigenvalue weighted by atomic mass is 9.99. The number of piperidine rings is 1. The fourth-order valence-electron chi connectivity index (χ4n) is 2.62. The second kappa shape index (κ2) is 7.38. The molecule has 1 amide bonds. The van der Waals surface area contributed by atoms with Crippen molar-refractivity contribution in [3.8, 4) is 0 Å². The van der Waals surface area contributed by atoms with Crippen molar-refractivity contribution in [3.63, 3.8) is 0 Å². The van der Waals surface area contributed by atoms with Crippen molar-refractivity contribution in [3.05, 3.63) is 24.0 Å². The average molecular weight is 295 g/mol. The maximum Gasteiger partial charge on any atom is 0.225 e. The van der Waals surface area contributed by atoms with Crippen molar-refractivity contribution in [1.82, 2.24) is 4.90 Å². The van der Waals surface area contributed by atoms with Gasteiger partial charge in [0.2, 0.25) is 5.91 Å². The highest BCUT2D eigenvalue weighted by Gasteiger charge is 2.19. The number of carbonyl (C=O) groups excluding carboxylic acids is 1. The zero-order valence-corrected chi connectivity index (χ0v) is 12.0. The van der Waals surface area contributed by atoms with Crippen LogP contribution in [0.1, 0.15) is 19.3 Å². The third kappa shape index (κ3) is 4.68. The van der Waals surface area contributed by atoms with Crippen LogP contribution in [0, 0.1) is 11.7 Å². The predicted molar refractivity (Wildman–Crippen MR) is 80.3 cm³/mol. The highest BCUT2D eigenvalue weighted by atomic mass is 19.1. The predicted octanol–water partition coefficient (Wildman–Crippen LogP) is 1.44. The van der Waals surface area contributed by atoms with Gasteiger partial charge in [0.05, 0.1) is 11.4 Å². The van der Waals surface area contributed by atoms with Gasteiger partial charge in [-0.05, 0) is 43.5 Å². The Bertz CT molecular complexity index is 496. The lowest BCUT2D eigenvalue weighted by Crippen LogP contribution is -2.38. The molecule has 1 saturated heterocycles. The monoisotopic (exact) mass is 295 g/mol. The Morgan fingerprint density at radius 1 is 1.52 bits per heavy atom. The second-order valence-corrected chi connectivity index (χ2v) is 5.52. The number of carbonyl (C=O) groups is 1. The third-order valence-corrected chi connectivity index (χ3v) is 3.80. The molecule has 1 aromatic rings. The molecule has 21 heavy (non-hydrogen) atoms. The molecule has 1 unspecified atom stereocenters. The summed E-state index contributed by atoms with van der Waals surface area (Å²) in [5, 5.41) is 11.9. The number of nitrogens with one attached hydrogen (secondary N) is 1. The van der Waals surface area contributed by atoms with Crippen molar-refractivity contribution >= 4 is 17.3 Å². The number of likely N-dealkylation sites (tertiary alicyclic amines) is 1. The van der Waals surface area contributed by atoms with Gasteiger partial charge in [0, 0.05) is 26.1 Å². The maximum absolute atomic E-state index is 12.9. The van der Waals surface area contributed by atoms with Crippen molar-refractivity contribution in [1.29, 1.82) is 0 Å². The minimum absolute atomic E-state index is 0.139. The summed E-state index contributed by atoms with van der Waals surface area (Å²) in [6.45, 7) is 2.66. The zero-order chi connectivity index (χ0) is 15.2. The molecule has 1 aromatic carbocycles. The van der Waals surface area contributed by atoms with Gasteiger partial charge >= 0.3 is 0 Å². The highest BCUT2D eigenvalue weighted by molar-refractivity contribution is 5.93. The van der Waals surface area contributed by atoms with Gasteiger partial charge in [0.1, 0.15) is 5.82 Å². The first-order valence-electron chi connectivity index (χ1n) is 7.26. The lowest BCUT2D eigenvalue weighted by Gasteiger charge is -2.31. The van der Waals surface area contributed by atoms with Crippen molar-refractivity contribution in [2.45, 2.75) is 19.3 Å². The number of aliphatic hydroxyl groups is 1. The summed E-state index contributed by atoms with van der Waals surface area (Å²) in [6.07, 6.45) is 2.46. The van der Waals surface area contributed by atoms with Gasteiger partial charge in [-0.1, -0.05) is 0 Å². The molecule has 0 spiro atoms. The summed E-state index contributed by atoms with van der Waals surface area (Å²) in [6, 6.07) is 3.92. The van der Waals surface area contributed by atoms with Crippen molar-refractivity contribution < 1.29 is 14.3 Å². The summed E-state index contributed by atoms with van der Waals surface area (Å²) < 4.78 is 12.9. The molecule has 1 fully saturated rings. The Morgan fingerprint density at radius 2 is 2.33 bits per heavy atom. The maximum atomic E-state index is 12.9. The molecular formula is C15H22FN3O2. The van der Waals surface area contributed by atoms with Gasteiger partial charge < -0.3 is 21.1 Å². The number of amides is 1. The summed E-state index contributed by atoms with van der Waals surface area (Å²) in [4.78, 5) is 14.1. The fraction of sp³-hybridized carbons (Fsp3) is 0.533. The van der Waals surface area contributed by atoms with Crippen LogP contribution in [0.4, 0.5) is 15.8 Å². The topological polar surface area (TPSA) is 78.6 Å². The second-order valence-electron chi connectivity index (χ2n) is 5.52. The van der Waals surface area contributed by atoms with Gasteiger partial charge in [0.25, 0.3) is 0 Å². The van der Waals surface area contributed by atoms with E-state index < -0.39 is 5.82 Å². The van der Waals surface area contributed by atoms with Crippen molar-refractivity contribution in [2.75, 3.05) is 37.3 Å². The van der Waals surface area contributed by atoms with E-state index >= 15 is 0 Å². The first-order valence-corrected chi connectivity index (χ1v) is 7.26. The van der Waals surface area contributed by atoms with E-state index in [2.05, 4.69) is 10.2 Å². The molecule has 0 saturated carbocycles. The van der Waals surface area contributed by atoms with E-state index in [1.54, 1.807) is 0 Å². The molecule has 0 radical (unpaired) electrons. The number of nitrogens with zero attached hydrogens (tertiary/aromatic N) is 1. The number of aliphatic hydroxyl groups excluding tert-OH is 1. The first kappa shape index (κ1) is 15.7. The van der Waals surface area contributed by atoms with E-state index in [0.717, 1.165) is 25.9 Å². The van der Waals surface area contributed by atoms with Crippen LogP contribution in [0.3, 0.4) is 0 Å². The van der Waals surface area contributed by atoms with Gasteiger partial charge in [0.15, 0.2) is 0 Å². The Kier molecular flexibility index (Phi) is 5.52. The summed E-state index contributed by atoms with van der Waals surface area (Å²) in [7, 11) is 0. The molecule has 1 aliphatic heterocycles. The van der Waals surface area contributed by atoms with Crippen LogP contribution in [-0.2, 0) is 4.79 Å². The molecule has 1 heterocycles. The smallest absolute Gasteiger partial charge is 0.225 e. The molecule has 1 atom stereocenters. The van der Waals surface area contributed by atoms with Crippen LogP contribution in [0.2, 0.25) is 0 Å². The van der Waals surface area contributed by atoms with Crippen LogP contribution >= 0.6 is 0 Å². The molecule has 4 N–H and O–H groups in total. The number of anilines is 2. The van der Waals surface area contributed by atoms with Gasteiger partial charge in [-0.3, -0.25) is 4.79 Å². The molecule has 2 rings (SSSR count). The standard InChI is InChI=1S/C15H22FN3O2/c16-12-3-4-14(13(17)8-12)18-15(21)5-7-19-6-1-2-11(9-19)10-20/h3-4,8,11,20H,1-2,5-7,9-10,17H2,(H,18,21). The number of rotatable bonds is 5. The van der Waals surface area contributed by atoms with E-state index in [0.29, 0.717) is 24.6 Å². The number of benzene rings is 1. The Labute approximate surface area is 123 Å². The molecule has 0 bridgehead atoms. The van der Waals surface area contributed by atoms with E-state index in [1.807, 2.05) is 0 Å². The number of hydrogen-bond donors (Lipinski definition) is 3. The number of nitrogens with two attached hydrogens (primary N) is 1. The summed E-state index contributed by atoms with van der Waals surface area (Å²) in [5.74, 6) is -0.247. The Balaban J connectivity index is 1.79. The average Bonchev–Trinajstić information content (AvgIpc) is 2.48. The first-order chi connectivity index (χ1) is 10.1. The minimum Gasteiger partial charge on any atom is -0.397 e. The summed E-state index contributed by atoms with van der Waals surface area (Å²) in [5.41, 5.74) is 6.31. The molecular weight excluding hydrogens is 273 g/mol. The van der Waals surface area contributed by atoms with Crippen LogP contribution in [0.15, 0.2) is 18.2 Å². The zero-order valence-electron chi connectivity index (χ0n) is 12.0. The fourth-order valence-corrected chi connectivity index (χ4v) is 2.62. The minimum atomic E-state index is -0.422. The molecule has 0 aliphatic carbocycles. The third-order valence-electron chi connectivity index (χ3n) is 3.80. The normalized spacial score (nSPS) is 19.4. The molecule has 0 aromatic heterocycles. The van der Waals surface area contributed by atoms with Gasteiger partial charge in [-0.2, -0.15) is 0 Å². The Morgan fingerprint density at radius 3 is 3.05 bits per heavy atom. The number of halogens is 1. The quantitative estimate of drug-likeness (QED) is 0.718. The lowest BCUT2D eigenvalue weighted by molar-refractivity contribution is -0.116. The summed E-state index contributed by atoms with van der Waals surface area (Å²) >= 11 is 0. The van der Waals surface area contributed by atoms with Crippen LogP contribution in [0.5, 0.6) is 0 Å². The van der Waals surface area contributed by atoms with E-state index in [1.165, 1.54) is 18.2 Å². The van der Waals surface area contributed by atoms with E-state index in [-0.39, 0.29) is 18.2 Å².